The van der Waals surface area contributed by atoms with Gasteiger partial charge in [0.2, 0.25) is 0 Å². The molecule has 5 heteroatoms. The summed E-state index contributed by atoms with van der Waals surface area (Å²) in [4.78, 5) is 6.99. The predicted molar refractivity (Wildman–Crippen MR) is 215 cm³/mol. The molecule has 0 amide bonds. The Bertz CT molecular complexity index is 2280. The van der Waals surface area contributed by atoms with Gasteiger partial charge in [-0.1, -0.05) is 152 Å². The number of rotatable bonds is 9. The molecular weight excluding hydrogens is 623 g/mol. The fourth-order valence-corrected chi connectivity index (χ4v) is 6.27. The van der Waals surface area contributed by atoms with Gasteiger partial charge in [0, 0.05) is 52.9 Å². The van der Waals surface area contributed by atoms with Gasteiger partial charge in [-0.15, -0.1) is 0 Å². The number of aliphatic imine (C=N–C) groups is 1. The molecule has 0 spiro atoms. The molecule has 0 aliphatic rings. The molecule has 0 saturated carbocycles. The zero-order valence-electron chi connectivity index (χ0n) is 28.5. The molecule has 0 bridgehead atoms. The number of nitrogens with zero attached hydrogens (tertiary/aromatic N) is 2. The minimum absolute atomic E-state index is 0.186. The first kappa shape index (κ1) is 32.8. The molecule has 7 rings (SSSR count). The van der Waals surface area contributed by atoms with Crippen molar-refractivity contribution in [1.82, 2.24) is 4.90 Å². The zero-order valence-corrected chi connectivity index (χ0v) is 28.5. The fourth-order valence-electron chi connectivity index (χ4n) is 6.27. The standard InChI is InChI=1S/C46H39N5/c1-51(32-33-15-6-2-7-16-33)46(36-21-12-5-13-22-36)50-45(48)39-23-14-24-40(29-39)49-44-28-26-38(30-42(44)35-19-10-4-11-20-35)41-27-25-37(31-43(41)47)34-17-8-3-9-18-34/h2-31,48-49H,32,47H2,1H3/b48-45?,50-46-. The van der Waals surface area contributed by atoms with Gasteiger partial charge in [0.25, 0.3) is 0 Å². The van der Waals surface area contributed by atoms with Crippen LogP contribution < -0.4 is 11.1 Å². The Hall–Kier alpha value is -6.72. The third-order valence-electron chi connectivity index (χ3n) is 8.86. The lowest BCUT2D eigenvalue weighted by Gasteiger charge is -2.22. The maximum Gasteiger partial charge on any atom is 0.154 e. The highest BCUT2D eigenvalue weighted by Crippen LogP contribution is 2.37. The summed E-state index contributed by atoms with van der Waals surface area (Å²) >= 11 is 0. The van der Waals surface area contributed by atoms with Crippen LogP contribution in [0.25, 0.3) is 33.4 Å². The first-order valence-electron chi connectivity index (χ1n) is 17.0. The molecule has 0 heterocycles. The lowest BCUT2D eigenvalue weighted by atomic mass is 9.94. The molecule has 51 heavy (non-hydrogen) atoms. The van der Waals surface area contributed by atoms with Gasteiger partial charge in [-0.25, -0.2) is 4.99 Å². The van der Waals surface area contributed by atoms with Crippen LogP contribution in [-0.2, 0) is 6.54 Å². The number of anilines is 3. The van der Waals surface area contributed by atoms with Crippen LogP contribution in [0.4, 0.5) is 17.1 Å². The van der Waals surface area contributed by atoms with Crippen LogP contribution in [0.3, 0.4) is 0 Å². The number of hydrogen-bond acceptors (Lipinski definition) is 3. The van der Waals surface area contributed by atoms with E-state index in [4.69, 9.17) is 16.1 Å². The topological polar surface area (TPSA) is 77.5 Å². The van der Waals surface area contributed by atoms with Gasteiger partial charge in [0.15, 0.2) is 5.84 Å². The lowest BCUT2D eigenvalue weighted by molar-refractivity contribution is 0.502. The monoisotopic (exact) mass is 661 g/mol. The maximum absolute atomic E-state index is 9.10. The van der Waals surface area contributed by atoms with Crippen molar-refractivity contribution in [1.29, 1.82) is 5.41 Å². The van der Waals surface area contributed by atoms with Crippen LogP contribution >= 0.6 is 0 Å². The third kappa shape index (κ3) is 7.79. The van der Waals surface area contributed by atoms with Gasteiger partial charge in [0.1, 0.15) is 5.84 Å². The highest BCUT2D eigenvalue weighted by atomic mass is 15.2. The Labute approximate surface area is 299 Å². The van der Waals surface area contributed by atoms with Crippen molar-refractivity contribution in [3.63, 3.8) is 0 Å². The second kappa shape index (κ2) is 15.2. The summed E-state index contributed by atoms with van der Waals surface area (Å²) in [5, 5.41) is 12.7. The van der Waals surface area contributed by atoms with Gasteiger partial charge in [-0.05, 0) is 58.1 Å². The van der Waals surface area contributed by atoms with E-state index in [1.54, 1.807) is 0 Å². The summed E-state index contributed by atoms with van der Waals surface area (Å²) in [5.41, 5.74) is 18.4. The zero-order chi connectivity index (χ0) is 35.0. The van der Waals surface area contributed by atoms with Crippen LogP contribution in [0, 0.1) is 5.41 Å². The summed E-state index contributed by atoms with van der Waals surface area (Å²) in [5.74, 6) is 0.923. The number of nitrogens with two attached hydrogens (primary N) is 1. The molecule has 5 nitrogen and oxygen atoms in total. The first-order valence-corrected chi connectivity index (χ1v) is 17.0. The Morgan fingerprint density at radius 3 is 1.86 bits per heavy atom. The van der Waals surface area contributed by atoms with E-state index in [1.165, 1.54) is 5.56 Å². The molecule has 4 N–H and O–H groups in total. The van der Waals surface area contributed by atoms with Crippen LogP contribution in [0.15, 0.2) is 187 Å². The fraction of sp³-hybridized carbons (Fsp3) is 0.0435. The molecule has 0 aliphatic heterocycles. The summed E-state index contributed by atoms with van der Waals surface area (Å²) < 4.78 is 0. The van der Waals surface area contributed by atoms with E-state index in [9.17, 15) is 0 Å². The quantitative estimate of drug-likeness (QED) is 0.0818. The highest BCUT2D eigenvalue weighted by Gasteiger charge is 2.14. The summed E-state index contributed by atoms with van der Waals surface area (Å²) in [6.07, 6.45) is 0. The average molecular weight is 662 g/mol. The second-order valence-electron chi connectivity index (χ2n) is 12.5. The minimum Gasteiger partial charge on any atom is -0.398 e. The molecule has 248 valence electrons. The van der Waals surface area contributed by atoms with Gasteiger partial charge in [-0.3, -0.25) is 5.41 Å². The summed E-state index contributed by atoms with van der Waals surface area (Å²) in [6, 6.07) is 61.6. The van der Waals surface area contributed by atoms with Crippen LogP contribution in [0.2, 0.25) is 0 Å². The molecule has 0 unspecified atom stereocenters. The molecule has 0 aromatic heterocycles. The maximum atomic E-state index is 9.10. The largest absolute Gasteiger partial charge is 0.398 e. The molecule has 0 radical (unpaired) electrons. The Morgan fingerprint density at radius 1 is 0.569 bits per heavy atom. The van der Waals surface area contributed by atoms with Crippen molar-refractivity contribution in [2.24, 2.45) is 4.99 Å². The van der Waals surface area contributed by atoms with Crippen molar-refractivity contribution in [3.05, 3.63) is 199 Å². The Balaban J connectivity index is 1.19. The molecular formula is C46H39N5. The van der Waals surface area contributed by atoms with E-state index in [-0.39, 0.29) is 5.84 Å². The van der Waals surface area contributed by atoms with E-state index in [2.05, 4.69) is 76.9 Å². The average Bonchev–Trinajstić information content (AvgIpc) is 3.18. The van der Waals surface area contributed by atoms with Gasteiger partial charge in [0.05, 0.1) is 0 Å². The molecule has 7 aromatic carbocycles. The summed E-state index contributed by atoms with van der Waals surface area (Å²) in [6.45, 7) is 0.671. The van der Waals surface area contributed by atoms with Crippen LogP contribution in [-0.4, -0.2) is 23.6 Å². The first-order chi connectivity index (χ1) is 25.0. The number of amidine groups is 2. The van der Waals surface area contributed by atoms with E-state index in [1.807, 2.05) is 122 Å². The van der Waals surface area contributed by atoms with E-state index >= 15 is 0 Å². The number of nitrogen functional groups attached to an aromatic ring is 1. The van der Waals surface area contributed by atoms with E-state index in [0.29, 0.717) is 12.1 Å². The number of nitrogens with one attached hydrogen (secondary N) is 2. The molecule has 0 aliphatic carbocycles. The predicted octanol–water partition coefficient (Wildman–Crippen LogP) is 10.9. The van der Waals surface area contributed by atoms with Gasteiger partial charge >= 0.3 is 0 Å². The summed E-state index contributed by atoms with van der Waals surface area (Å²) in [7, 11) is 2.02. The van der Waals surface area contributed by atoms with Crippen molar-refractivity contribution >= 4 is 28.7 Å². The molecule has 0 fully saturated rings. The Kier molecular flexibility index (Phi) is 9.80. The third-order valence-corrected chi connectivity index (χ3v) is 8.86. The van der Waals surface area contributed by atoms with Gasteiger partial charge in [-0.2, -0.15) is 0 Å². The van der Waals surface area contributed by atoms with Crippen molar-refractivity contribution < 1.29 is 0 Å². The highest BCUT2D eigenvalue weighted by molar-refractivity contribution is 6.10. The smallest absolute Gasteiger partial charge is 0.154 e. The molecule has 0 atom stereocenters. The van der Waals surface area contributed by atoms with E-state index < -0.39 is 0 Å². The van der Waals surface area contributed by atoms with Crippen molar-refractivity contribution in [2.75, 3.05) is 18.1 Å². The van der Waals surface area contributed by atoms with Gasteiger partial charge < -0.3 is 16.0 Å². The lowest BCUT2D eigenvalue weighted by Crippen LogP contribution is -2.28. The van der Waals surface area contributed by atoms with Crippen LogP contribution in [0.1, 0.15) is 16.7 Å². The van der Waals surface area contributed by atoms with Crippen molar-refractivity contribution in [3.8, 4) is 33.4 Å². The second-order valence-corrected chi connectivity index (χ2v) is 12.5. The van der Waals surface area contributed by atoms with Crippen molar-refractivity contribution in [2.45, 2.75) is 6.54 Å². The minimum atomic E-state index is 0.186. The molecule has 7 aromatic rings. The molecule has 0 saturated heterocycles. The van der Waals surface area contributed by atoms with E-state index in [0.717, 1.165) is 61.8 Å². The van der Waals surface area contributed by atoms with Crippen LogP contribution in [0.5, 0.6) is 0 Å². The number of benzene rings is 7. The number of hydrogen-bond donors (Lipinski definition) is 3. The SMILES string of the molecule is CN(Cc1ccccc1)/C(=N\C(=N)c1cccc(Nc2ccc(-c3ccc(-c4ccccc4)cc3N)cc2-c2ccccc2)c1)c1ccccc1. The Morgan fingerprint density at radius 2 is 1.18 bits per heavy atom. The normalized spacial score (nSPS) is 11.2.